The molecule has 0 fully saturated rings. The first kappa shape index (κ1) is 17.1. The van der Waals surface area contributed by atoms with E-state index < -0.39 is 0 Å². The van der Waals surface area contributed by atoms with Crippen molar-refractivity contribution in [3.05, 3.63) is 64.8 Å². The number of rotatable bonds is 6. The molecule has 1 aromatic heterocycles. The number of aromatic amines is 1. The molecule has 1 amide bonds. The van der Waals surface area contributed by atoms with E-state index in [-0.39, 0.29) is 5.91 Å². The Bertz CT molecular complexity index is 896. The Labute approximate surface area is 148 Å². The predicted molar refractivity (Wildman–Crippen MR) is 101 cm³/mol. The van der Waals surface area contributed by atoms with E-state index >= 15 is 0 Å². The third-order valence-corrected chi connectivity index (χ3v) is 4.48. The fourth-order valence-electron chi connectivity index (χ4n) is 3.12. The van der Waals surface area contributed by atoms with Crippen molar-refractivity contribution in [1.82, 2.24) is 10.3 Å². The number of benzene rings is 2. The molecule has 3 aromatic rings. The molecule has 2 aromatic carbocycles. The number of hydrogen-bond donors (Lipinski definition) is 2. The summed E-state index contributed by atoms with van der Waals surface area (Å²) in [4.78, 5) is 15.7. The summed E-state index contributed by atoms with van der Waals surface area (Å²) in [5.74, 6) is 0.891. The quantitative estimate of drug-likeness (QED) is 0.721. The second kappa shape index (κ2) is 7.43. The summed E-state index contributed by atoms with van der Waals surface area (Å²) >= 11 is 0. The lowest BCUT2D eigenvalue weighted by atomic mass is 10.1. The van der Waals surface area contributed by atoms with Gasteiger partial charge in [0.25, 0.3) is 0 Å². The third-order valence-electron chi connectivity index (χ3n) is 4.48. The van der Waals surface area contributed by atoms with Gasteiger partial charge in [-0.3, -0.25) is 4.79 Å². The molecule has 2 N–H and O–H groups in total. The van der Waals surface area contributed by atoms with Crippen molar-refractivity contribution in [2.45, 2.75) is 26.7 Å². The van der Waals surface area contributed by atoms with Gasteiger partial charge >= 0.3 is 0 Å². The van der Waals surface area contributed by atoms with E-state index in [2.05, 4.69) is 35.4 Å². The fourth-order valence-corrected chi connectivity index (χ4v) is 3.12. The van der Waals surface area contributed by atoms with Gasteiger partial charge in [0.05, 0.1) is 13.5 Å². The molecule has 4 nitrogen and oxygen atoms in total. The molecule has 0 spiro atoms. The monoisotopic (exact) mass is 336 g/mol. The molecule has 0 aliphatic carbocycles. The molecular weight excluding hydrogens is 312 g/mol. The van der Waals surface area contributed by atoms with Crippen molar-refractivity contribution < 1.29 is 9.53 Å². The molecule has 0 radical (unpaired) electrons. The Morgan fingerprint density at radius 2 is 2.00 bits per heavy atom. The summed E-state index contributed by atoms with van der Waals surface area (Å²) in [5.41, 5.74) is 5.58. The smallest absolute Gasteiger partial charge is 0.224 e. The van der Waals surface area contributed by atoms with Crippen LogP contribution in [0.25, 0.3) is 10.9 Å². The highest BCUT2D eigenvalue weighted by atomic mass is 16.5. The van der Waals surface area contributed by atoms with E-state index in [1.165, 1.54) is 5.56 Å². The Hall–Kier alpha value is -2.75. The van der Waals surface area contributed by atoms with Crippen molar-refractivity contribution in [1.29, 1.82) is 0 Å². The number of fused-ring (bicyclic) bond motifs is 1. The number of carbonyl (C=O) groups is 1. The molecule has 0 aliphatic rings. The predicted octanol–water partition coefficient (Wildman–Crippen LogP) is 3.69. The highest BCUT2D eigenvalue weighted by Gasteiger charge is 2.12. The maximum atomic E-state index is 12.4. The zero-order valence-electron chi connectivity index (χ0n) is 15.0. The minimum atomic E-state index is 0.0494. The summed E-state index contributed by atoms with van der Waals surface area (Å²) in [7, 11) is 1.66. The Morgan fingerprint density at radius 3 is 2.80 bits per heavy atom. The van der Waals surface area contributed by atoms with Gasteiger partial charge in [-0.05, 0) is 55.7 Å². The van der Waals surface area contributed by atoms with E-state index in [0.29, 0.717) is 13.0 Å². The van der Waals surface area contributed by atoms with Crippen LogP contribution in [0, 0.1) is 13.8 Å². The number of ether oxygens (including phenoxy) is 1. The topological polar surface area (TPSA) is 54.1 Å². The van der Waals surface area contributed by atoms with Crippen LogP contribution in [0.5, 0.6) is 5.75 Å². The lowest BCUT2D eigenvalue weighted by Gasteiger charge is -2.07. The zero-order chi connectivity index (χ0) is 17.8. The van der Waals surface area contributed by atoms with Crippen LogP contribution in [-0.4, -0.2) is 24.5 Å². The minimum Gasteiger partial charge on any atom is -0.497 e. The van der Waals surface area contributed by atoms with Crippen LogP contribution >= 0.6 is 0 Å². The number of amides is 1. The molecule has 25 heavy (non-hydrogen) atoms. The lowest BCUT2D eigenvalue weighted by Crippen LogP contribution is -2.27. The van der Waals surface area contributed by atoms with Crippen LogP contribution in [0.15, 0.2) is 42.5 Å². The van der Waals surface area contributed by atoms with E-state index in [4.69, 9.17) is 4.74 Å². The first-order valence-electron chi connectivity index (χ1n) is 8.54. The van der Waals surface area contributed by atoms with Crippen LogP contribution in [0.4, 0.5) is 0 Å². The van der Waals surface area contributed by atoms with E-state index in [1.54, 1.807) is 7.11 Å². The van der Waals surface area contributed by atoms with Gasteiger partial charge in [0.2, 0.25) is 5.91 Å². The van der Waals surface area contributed by atoms with Crippen LogP contribution < -0.4 is 10.1 Å². The highest BCUT2D eigenvalue weighted by Crippen LogP contribution is 2.23. The summed E-state index contributed by atoms with van der Waals surface area (Å²) in [6.45, 7) is 4.71. The molecular formula is C21H24N2O2. The van der Waals surface area contributed by atoms with Gasteiger partial charge in [-0.2, -0.15) is 0 Å². The van der Waals surface area contributed by atoms with Crippen LogP contribution in [0.1, 0.15) is 22.4 Å². The largest absolute Gasteiger partial charge is 0.497 e. The zero-order valence-corrected chi connectivity index (χ0v) is 15.0. The second-order valence-electron chi connectivity index (χ2n) is 6.41. The number of hydrogen-bond acceptors (Lipinski definition) is 2. The van der Waals surface area contributed by atoms with Gasteiger partial charge in [-0.1, -0.05) is 23.8 Å². The first-order valence-corrected chi connectivity index (χ1v) is 8.54. The molecule has 1 heterocycles. The first-order chi connectivity index (χ1) is 12.1. The average Bonchev–Trinajstić information content (AvgIpc) is 2.90. The Morgan fingerprint density at radius 1 is 1.16 bits per heavy atom. The van der Waals surface area contributed by atoms with Crippen molar-refractivity contribution in [3.8, 4) is 5.75 Å². The fraction of sp³-hybridized carbons (Fsp3) is 0.286. The third kappa shape index (κ3) is 4.02. The highest BCUT2D eigenvalue weighted by molar-refractivity contribution is 5.90. The molecule has 0 bridgehead atoms. The van der Waals surface area contributed by atoms with Crippen molar-refractivity contribution in [2.24, 2.45) is 0 Å². The summed E-state index contributed by atoms with van der Waals surface area (Å²) in [5, 5.41) is 4.16. The van der Waals surface area contributed by atoms with Gasteiger partial charge in [0, 0.05) is 23.1 Å². The van der Waals surface area contributed by atoms with Gasteiger partial charge in [-0.15, -0.1) is 0 Å². The Balaban J connectivity index is 1.61. The molecule has 130 valence electrons. The molecule has 0 unspecified atom stereocenters. The number of H-pyrrole nitrogens is 1. The Kier molecular flexibility index (Phi) is 5.08. The van der Waals surface area contributed by atoms with Crippen molar-refractivity contribution in [2.75, 3.05) is 13.7 Å². The van der Waals surface area contributed by atoms with Crippen LogP contribution in [0.2, 0.25) is 0 Å². The number of nitrogens with one attached hydrogen (secondary N) is 2. The summed E-state index contributed by atoms with van der Waals surface area (Å²) in [6.07, 6.45) is 1.18. The molecule has 3 rings (SSSR count). The van der Waals surface area contributed by atoms with Crippen LogP contribution in [-0.2, 0) is 17.6 Å². The molecule has 4 heteroatoms. The summed E-state index contributed by atoms with van der Waals surface area (Å²) in [6, 6.07) is 14.2. The van der Waals surface area contributed by atoms with Gasteiger partial charge in [0.1, 0.15) is 5.75 Å². The second-order valence-corrected chi connectivity index (χ2v) is 6.41. The van der Waals surface area contributed by atoms with Gasteiger partial charge in [0.15, 0.2) is 0 Å². The SMILES string of the molecule is COc1cccc(CCNC(=O)Cc2c(C)[nH]c3ccc(C)cc23)c1. The summed E-state index contributed by atoms with van der Waals surface area (Å²) < 4.78 is 5.23. The van der Waals surface area contributed by atoms with Crippen molar-refractivity contribution >= 4 is 16.8 Å². The standard InChI is InChI=1S/C21H24N2O2/c1-14-7-8-20-19(11-14)18(15(2)23-20)13-21(24)22-10-9-16-5-4-6-17(12-16)25-3/h4-8,11-12,23H,9-10,13H2,1-3H3,(H,22,24). The lowest BCUT2D eigenvalue weighted by molar-refractivity contribution is -0.120. The number of aromatic nitrogens is 1. The maximum absolute atomic E-state index is 12.4. The molecule has 0 saturated carbocycles. The van der Waals surface area contributed by atoms with Crippen molar-refractivity contribution in [3.63, 3.8) is 0 Å². The van der Waals surface area contributed by atoms with E-state index in [9.17, 15) is 4.79 Å². The van der Waals surface area contributed by atoms with E-state index in [1.807, 2.05) is 31.2 Å². The number of methoxy groups -OCH3 is 1. The number of aryl methyl sites for hydroxylation is 2. The molecule has 0 atom stereocenters. The normalized spacial score (nSPS) is 10.8. The van der Waals surface area contributed by atoms with Crippen LogP contribution in [0.3, 0.4) is 0 Å². The molecule has 0 aliphatic heterocycles. The minimum absolute atomic E-state index is 0.0494. The maximum Gasteiger partial charge on any atom is 0.224 e. The van der Waals surface area contributed by atoms with E-state index in [0.717, 1.165) is 39.9 Å². The average molecular weight is 336 g/mol. The molecule has 0 saturated heterocycles. The number of carbonyl (C=O) groups excluding carboxylic acids is 1. The van der Waals surface area contributed by atoms with Gasteiger partial charge in [-0.25, -0.2) is 0 Å². The van der Waals surface area contributed by atoms with Gasteiger partial charge < -0.3 is 15.0 Å².